The zero-order valence-corrected chi connectivity index (χ0v) is 19.8. The van der Waals surface area contributed by atoms with Gasteiger partial charge in [0.1, 0.15) is 0 Å². The number of carbonyl (C=O) groups is 3. The Balaban J connectivity index is -0.000000364. The van der Waals surface area contributed by atoms with Gasteiger partial charge < -0.3 is 15.3 Å². The molecule has 0 aliphatic carbocycles. The van der Waals surface area contributed by atoms with Crippen LogP contribution in [0.4, 0.5) is 0 Å². The molecule has 0 aliphatic heterocycles. The van der Waals surface area contributed by atoms with Gasteiger partial charge in [0.2, 0.25) is 0 Å². The van der Waals surface area contributed by atoms with Gasteiger partial charge in [-0.1, -0.05) is 97.8 Å². The van der Waals surface area contributed by atoms with E-state index in [0.29, 0.717) is 19.3 Å². The molecule has 0 saturated heterocycles. The van der Waals surface area contributed by atoms with Gasteiger partial charge in [-0.2, -0.15) is 0 Å². The SMILES string of the molecule is CCCCCCCC(=O)O.CCCCCCCC(=O)O.CCCCCCCC(=O)O. The molecule has 0 rings (SSSR count). The zero-order valence-electron chi connectivity index (χ0n) is 19.8. The van der Waals surface area contributed by atoms with Gasteiger partial charge in [0.05, 0.1) is 0 Å². The molecule has 180 valence electrons. The number of carboxylic acids is 3. The van der Waals surface area contributed by atoms with Crippen molar-refractivity contribution in [3.8, 4) is 0 Å². The lowest BCUT2D eigenvalue weighted by Crippen LogP contribution is -1.93. The third-order valence-corrected chi connectivity index (χ3v) is 4.48. The lowest BCUT2D eigenvalue weighted by Gasteiger charge is -1.95. The monoisotopic (exact) mass is 432 g/mol. The number of unbranched alkanes of at least 4 members (excludes halogenated alkanes) is 12. The minimum atomic E-state index is -0.670. The molecule has 0 fully saturated rings. The van der Waals surface area contributed by atoms with Crippen molar-refractivity contribution in [2.24, 2.45) is 0 Å². The second-order valence-electron chi connectivity index (χ2n) is 7.67. The Hall–Kier alpha value is -1.59. The Bertz CT molecular complexity index is 325. The van der Waals surface area contributed by atoms with Gasteiger partial charge in [-0.25, -0.2) is 0 Å². The molecule has 0 aromatic rings. The summed E-state index contributed by atoms with van der Waals surface area (Å²) in [4.78, 5) is 30.1. The Labute approximate surface area is 184 Å². The van der Waals surface area contributed by atoms with E-state index in [9.17, 15) is 14.4 Å². The van der Waals surface area contributed by atoms with Crippen LogP contribution in [0.2, 0.25) is 0 Å². The summed E-state index contributed by atoms with van der Waals surface area (Å²) in [7, 11) is 0. The highest BCUT2D eigenvalue weighted by atomic mass is 16.4. The van der Waals surface area contributed by atoms with E-state index in [0.717, 1.165) is 38.5 Å². The third kappa shape index (κ3) is 45.3. The summed E-state index contributed by atoms with van der Waals surface area (Å²) in [5.41, 5.74) is 0. The average molecular weight is 433 g/mol. The second-order valence-corrected chi connectivity index (χ2v) is 7.67. The van der Waals surface area contributed by atoms with Crippen molar-refractivity contribution >= 4 is 17.9 Å². The Morgan fingerprint density at radius 1 is 0.400 bits per heavy atom. The first-order valence-corrected chi connectivity index (χ1v) is 12.0. The van der Waals surface area contributed by atoms with Crippen molar-refractivity contribution in [3.05, 3.63) is 0 Å². The van der Waals surface area contributed by atoms with Crippen molar-refractivity contribution in [2.45, 2.75) is 136 Å². The molecule has 0 aromatic heterocycles. The number of hydrogen-bond acceptors (Lipinski definition) is 3. The maximum absolute atomic E-state index is 10.0. The molecule has 0 amide bonds. The summed E-state index contributed by atoms with van der Waals surface area (Å²) in [6, 6.07) is 0. The number of carboxylic acid groups (broad SMARTS) is 3. The van der Waals surface area contributed by atoms with E-state index >= 15 is 0 Å². The van der Waals surface area contributed by atoms with Gasteiger partial charge in [-0.3, -0.25) is 14.4 Å². The van der Waals surface area contributed by atoms with Gasteiger partial charge in [0, 0.05) is 19.3 Å². The first-order chi connectivity index (χ1) is 14.3. The van der Waals surface area contributed by atoms with Crippen LogP contribution < -0.4 is 0 Å². The predicted octanol–water partition coefficient (Wildman–Crippen LogP) is 7.29. The fourth-order valence-corrected chi connectivity index (χ4v) is 2.64. The maximum atomic E-state index is 10.0. The normalized spacial score (nSPS) is 9.70. The predicted molar refractivity (Wildman–Crippen MR) is 123 cm³/mol. The molecule has 0 bridgehead atoms. The molecule has 0 radical (unpaired) electrons. The van der Waals surface area contributed by atoms with E-state index in [-0.39, 0.29) is 0 Å². The summed E-state index contributed by atoms with van der Waals surface area (Å²) in [6.45, 7) is 6.45. The number of hydrogen-bond donors (Lipinski definition) is 3. The van der Waals surface area contributed by atoms with Crippen LogP contribution in [0.25, 0.3) is 0 Å². The minimum absolute atomic E-state index is 0.337. The van der Waals surface area contributed by atoms with E-state index in [1.165, 1.54) is 57.8 Å². The van der Waals surface area contributed by atoms with Crippen molar-refractivity contribution in [3.63, 3.8) is 0 Å². The first-order valence-electron chi connectivity index (χ1n) is 12.0. The van der Waals surface area contributed by atoms with Crippen LogP contribution >= 0.6 is 0 Å². The molecule has 0 spiro atoms. The summed E-state index contributed by atoms with van der Waals surface area (Å²) in [5.74, 6) is -2.01. The molecule has 0 unspecified atom stereocenters. The molecule has 0 aliphatic rings. The Morgan fingerprint density at radius 3 is 0.767 bits per heavy atom. The van der Waals surface area contributed by atoms with Crippen LogP contribution in [0.15, 0.2) is 0 Å². The molecular weight excluding hydrogens is 384 g/mol. The summed E-state index contributed by atoms with van der Waals surface area (Å²) >= 11 is 0. The second kappa shape index (κ2) is 29.6. The van der Waals surface area contributed by atoms with E-state index in [2.05, 4.69) is 20.8 Å². The topological polar surface area (TPSA) is 112 Å². The molecule has 0 atom stereocenters. The highest BCUT2D eigenvalue weighted by Crippen LogP contribution is 2.05. The summed E-state index contributed by atoms with van der Waals surface area (Å²) < 4.78 is 0. The summed E-state index contributed by atoms with van der Waals surface area (Å²) in [6.07, 6.45) is 17.7. The van der Waals surface area contributed by atoms with E-state index in [4.69, 9.17) is 15.3 Å². The average Bonchev–Trinajstić information content (AvgIpc) is 2.68. The minimum Gasteiger partial charge on any atom is -0.481 e. The van der Waals surface area contributed by atoms with E-state index in [1.54, 1.807) is 0 Å². The van der Waals surface area contributed by atoms with Crippen molar-refractivity contribution in [2.75, 3.05) is 0 Å². The molecule has 0 saturated carbocycles. The Kier molecular flexibility index (Phi) is 32.6. The summed E-state index contributed by atoms with van der Waals surface area (Å²) in [5, 5.41) is 24.8. The van der Waals surface area contributed by atoms with Crippen LogP contribution in [0.5, 0.6) is 0 Å². The zero-order chi connectivity index (χ0) is 23.5. The van der Waals surface area contributed by atoms with Gasteiger partial charge >= 0.3 is 17.9 Å². The lowest BCUT2D eigenvalue weighted by molar-refractivity contribution is -0.138. The maximum Gasteiger partial charge on any atom is 0.303 e. The highest BCUT2D eigenvalue weighted by molar-refractivity contribution is 5.67. The van der Waals surface area contributed by atoms with Crippen LogP contribution in [0.3, 0.4) is 0 Å². The molecule has 6 nitrogen and oxygen atoms in total. The van der Waals surface area contributed by atoms with E-state index < -0.39 is 17.9 Å². The number of aliphatic carboxylic acids is 3. The molecule has 30 heavy (non-hydrogen) atoms. The van der Waals surface area contributed by atoms with Gasteiger partial charge in [0.15, 0.2) is 0 Å². The molecular formula is C24H48O6. The fourth-order valence-electron chi connectivity index (χ4n) is 2.64. The number of rotatable bonds is 18. The first kappa shape index (κ1) is 33.1. The van der Waals surface area contributed by atoms with Crippen LogP contribution in [-0.2, 0) is 14.4 Å². The fraction of sp³-hybridized carbons (Fsp3) is 0.875. The Morgan fingerprint density at radius 2 is 0.600 bits per heavy atom. The van der Waals surface area contributed by atoms with Crippen molar-refractivity contribution in [1.29, 1.82) is 0 Å². The van der Waals surface area contributed by atoms with Crippen LogP contribution in [0.1, 0.15) is 136 Å². The lowest BCUT2D eigenvalue weighted by atomic mass is 10.1. The largest absolute Gasteiger partial charge is 0.481 e. The third-order valence-electron chi connectivity index (χ3n) is 4.48. The van der Waals surface area contributed by atoms with Gasteiger partial charge in [-0.15, -0.1) is 0 Å². The van der Waals surface area contributed by atoms with Crippen LogP contribution in [-0.4, -0.2) is 33.2 Å². The molecule has 0 aromatic carbocycles. The van der Waals surface area contributed by atoms with Crippen molar-refractivity contribution in [1.82, 2.24) is 0 Å². The van der Waals surface area contributed by atoms with E-state index in [1.807, 2.05) is 0 Å². The van der Waals surface area contributed by atoms with Gasteiger partial charge in [-0.05, 0) is 19.3 Å². The molecule has 6 heteroatoms. The standard InChI is InChI=1S/3C8H16O2/c3*1-2-3-4-5-6-7-8(9)10/h3*2-7H2,1H3,(H,9,10). The molecule has 3 N–H and O–H groups in total. The highest BCUT2D eigenvalue weighted by Gasteiger charge is 1.96. The van der Waals surface area contributed by atoms with Crippen LogP contribution in [0, 0.1) is 0 Å². The van der Waals surface area contributed by atoms with Crippen molar-refractivity contribution < 1.29 is 29.7 Å². The van der Waals surface area contributed by atoms with Gasteiger partial charge in [0.25, 0.3) is 0 Å². The quantitative estimate of drug-likeness (QED) is 0.196. The smallest absolute Gasteiger partial charge is 0.303 e. The molecule has 0 heterocycles.